The summed E-state index contributed by atoms with van der Waals surface area (Å²) in [5.74, 6) is 0. The summed E-state index contributed by atoms with van der Waals surface area (Å²) in [4.78, 5) is 6.43. The summed E-state index contributed by atoms with van der Waals surface area (Å²) in [5.41, 5.74) is 7.70. The van der Waals surface area contributed by atoms with E-state index in [0.717, 1.165) is 55.2 Å². The molecule has 4 heteroatoms. The number of pyridine rings is 1. The highest BCUT2D eigenvalue weighted by molar-refractivity contribution is 6.02. The van der Waals surface area contributed by atoms with Crippen molar-refractivity contribution in [2.45, 2.75) is 0 Å². The van der Waals surface area contributed by atoms with E-state index in [1.165, 1.54) is 10.8 Å². The highest BCUT2D eigenvalue weighted by Gasteiger charge is 2.20. The number of anilines is 3. The van der Waals surface area contributed by atoms with Crippen LogP contribution in [0.25, 0.3) is 54.6 Å². The lowest BCUT2D eigenvalue weighted by atomic mass is 9.92. The molecule has 0 spiro atoms. The predicted octanol–water partition coefficient (Wildman–Crippen LogP) is 11.1. The van der Waals surface area contributed by atoms with Gasteiger partial charge in [0.25, 0.3) is 0 Å². The lowest BCUT2D eigenvalue weighted by Crippen LogP contribution is -2.12. The molecule has 0 fully saturated rings. The summed E-state index contributed by atoms with van der Waals surface area (Å²) in [7, 11) is 0. The normalized spacial score (nSPS) is 10.9. The molecular weight excluding hydrogens is 573 g/mol. The smallest absolute Gasteiger partial charge is 0.101 e. The zero-order chi connectivity index (χ0) is 31.7. The third-order valence-corrected chi connectivity index (χ3v) is 8.75. The molecule has 0 saturated carbocycles. The molecule has 47 heavy (non-hydrogen) atoms. The first-order valence-corrected chi connectivity index (χ1v) is 15.4. The van der Waals surface area contributed by atoms with Crippen LogP contribution in [0.2, 0.25) is 0 Å². The van der Waals surface area contributed by atoms with Gasteiger partial charge in [-0.3, -0.25) is 4.98 Å². The molecule has 0 aliphatic heterocycles. The Kier molecular flexibility index (Phi) is 6.88. The fourth-order valence-electron chi connectivity index (χ4n) is 6.53. The van der Waals surface area contributed by atoms with E-state index in [1.807, 2.05) is 18.3 Å². The Morgan fingerprint density at radius 3 is 1.81 bits per heavy atom. The first-order chi connectivity index (χ1) is 23.2. The number of nitrogens with zero attached hydrogens (tertiary/aromatic N) is 4. The molecule has 0 radical (unpaired) electrons. The monoisotopic (exact) mass is 598 g/mol. The third-order valence-electron chi connectivity index (χ3n) is 8.75. The minimum atomic E-state index is 0.418. The second-order valence-corrected chi connectivity index (χ2v) is 11.5. The van der Waals surface area contributed by atoms with E-state index in [-0.39, 0.29) is 0 Å². The van der Waals surface area contributed by atoms with E-state index in [4.69, 9.17) is 0 Å². The predicted molar refractivity (Wildman–Crippen MR) is 192 cm³/mol. The van der Waals surface area contributed by atoms with Gasteiger partial charge < -0.3 is 4.90 Å². The number of hydrogen-bond acceptors (Lipinski definition) is 4. The molecule has 7 aromatic carbocycles. The van der Waals surface area contributed by atoms with Gasteiger partial charge in [0.2, 0.25) is 0 Å². The topological polar surface area (TPSA) is 63.7 Å². The highest BCUT2D eigenvalue weighted by atomic mass is 15.1. The molecule has 0 saturated heterocycles. The molecule has 8 rings (SSSR count). The molecule has 0 unspecified atom stereocenters. The first-order valence-electron chi connectivity index (χ1n) is 15.4. The summed E-state index contributed by atoms with van der Waals surface area (Å²) >= 11 is 0. The van der Waals surface area contributed by atoms with Gasteiger partial charge in [-0.1, -0.05) is 91.0 Å². The van der Waals surface area contributed by atoms with Crippen molar-refractivity contribution in [1.29, 1.82) is 10.5 Å². The summed E-state index contributed by atoms with van der Waals surface area (Å²) in [6.07, 6.45) is 3.64. The first kappa shape index (κ1) is 27.8. The Morgan fingerprint density at radius 2 is 1.15 bits per heavy atom. The van der Waals surface area contributed by atoms with E-state index in [1.54, 1.807) is 18.3 Å². The number of hydrogen-bond donors (Lipinski definition) is 0. The van der Waals surface area contributed by atoms with Crippen LogP contribution in [0.3, 0.4) is 0 Å². The van der Waals surface area contributed by atoms with Gasteiger partial charge in [0.05, 0.1) is 22.9 Å². The largest absolute Gasteiger partial charge is 0.309 e. The molecule has 0 N–H and O–H groups in total. The maximum Gasteiger partial charge on any atom is 0.101 e. The van der Waals surface area contributed by atoms with Crippen LogP contribution in [-0.4, -0.2) is 4.98 Å². The maximum absolute atomic E-state index is 10.4. The molecule has 4 nitrogen and oxygen atoms in total. The van der Waals surface area contributed by atoms with Crippen LogP contribution in [-0.2, 0) is 0 Å². The molecule has 1 aromatic heterocycles. The van der Waals surface area contributed by atoms with E-state index in [0.29, 0.717) is 16.8 Å². The Balaban J connectivity index is 1.46. The van der Waals surface area contributed by atoms with E-state index in [2.05, 4.69) is 143 Å². The van der Waals surface area contributed by atoms with Crippen LogP contribution >= 0.6 is 0 Å². The van der Waals surface area contributed by atoms with Crippen molar-refractivity contribution in [2.24, 2.45) is 0 Å². The Bertz CT molecular complexity index is 2460. The van der Waals surface area contributed by atoms with Crippen molar-refractivity contribution in [3.8, 4) is 34.4 Å². The van der Waals surface area contributed by atoms with Crippen LogP contribution in [0.15, 0.2) is 158 Å². The Labute approximate surface area is 272 Å². The molecule has 1 heterocycles. The van der Waals surface area contributed by atoms with Gasteiger partial charge in [0.15, 0.2) is 0 Å². The molecule has 0 atom stereocenters. The van der Waals surface area contributed by atoms with Crippen LogP contribution in [0.4, 0.5) is 17.1 Å². The van der Waals surface area contributed by atoms with Gasteiger partial charge in [-0.2, -0.15) is 10.5 Å². The SMILES string of the molecule is N#Cc1ccc(N(c2cc(-c3cccc4ccccc34)cc(-c3cccc4ccccc34)c2)c2ccc3cnccc3c2)c(C#N)c1. The average molecular weight is 599 g/mol. The van der Waals surface area contributed by atoms with Gasteiger partial charge in [-0.25, -0.2) is 0 Å². The van der Waals surface area contributed by atoms with Crippen molar-refractivity contribution in [3.63, 3.8) is 0 Å². The molecule has 0 amide bonds. The van der Waals surface area contributed by atoms with Crippen LogP contribution < -0.4 is 4.90 Å². The van der Waals surface area contributed by atoms with Crippen molar-refractivity contribution in [3.05, 3.63) is 169 Å². The number of aromatic nitrogens is 1. The zero-order valence-electron chi connectivity index (χ0n) is 25.3. The van der Waals surface area contributed by atoms with Gasteiger partial charge in [0, 0.05) is 29.2 Å². The highest BCUT2D eigenvalue weighted by Crippen LogP contribution is 2.43. The summed E-state index contributed by atoms with van der Waals surface area (Å²) in [6, 6.07) is 54.5. The third kappa shape index (κ3) is 5.01. The summed E-state index contributed by atoms with van der Waals surface area (Å²) in [5, 5.41) is 26.7. The lowest BCUT2D eigenvalue weighted by molar-refractivity contribution is 1.27. The molecular formula is C43H26N4. The minimum absolute atomic E-state index is 0.418. The molecule has 0 bridgehead atoms. The Morgan fingerprint density at radius 1 is 0.489 bits per heavy atom. The molecule has 8 aromatic rings. The van der Waals surface area contributed by atoms with Gasteiger partial charge in [-0.15, -0.1) is 0 Å². The summed E-state index contributed by atoms with van der Waals surface area (Å²) in [6.45, 7) is 0. The summed E-state index contributed by atoms with van der Waals surface area (Å²) < 4.78 is 0. The second-order valence-electron chi connectivity index (χ2n) is 11.5. The number of benzene rings is 7. The number of nitriles is 2. The average Bonchev–Trinajstić information content (AvgIpc) is 3.14. The van der Waals surface area contributed by atoms with Crippen molar-refractivity contribution >= 4 is 49.4 Å². The van der Waals surface area contributed by atoms with Crippen molar-refractivity contribution < 1.29 is 0 Å². The van der Waals surface area contributed by atoms with Crippen LogP contribution in [0.1, 0.15) is 11.1 Å². The number of rotatable bonds is 5. The van der Waals surface area contributed by atoms with Gasteiger partial charge in [0.1, 0.15) is 6.07 Å². The van der Waals surface area contributed by atoms with E-state index >= 15 is 0 Å². The zero-order valence-corrected chi connectivity index (χ0v) is 25.3. The van der Waals surface area contributed by atoms with Crippen molar-refractivity contribution in [1.82, 2.24) is 4.98 Å². The van der Waals surface area contributed by atoms with Gasteiger partial charge in [-0.05, 0) is 104 Å². The Hall–Kier alpha value is -6.75. The van der Waals surface area contributed by atoms with Crippen LogP contribution in [0, 0.1) is 22.7 Å². The van der Waals surface area contributed by atoms with Crippen LogP contribution in [0.5, 0.6) is 0 Å². The quantitative estimate of drug-likeness (QED) is 0.198. The molecule has 0 aliphatic rings. The molecule has 0 aliphatic carbocycles. The fraction of sp³-hybridized carbons (Fsp3) is 0. The second kappa shape index (κ2) is 11.6. The maximum atomic E-state index is 10.4. The molecule has 218 valence electrons. The fourth-order valence-corrected chi connectivity index (χ4v) is 6.53. The van der Waals surface area contributed by atoms with E-state index in [9.17, 15) is 10.5 Å². The lowest BCUT2D eigenvalue weighted by Gasteiger charge is -2.28. The number of fused-ring (bicyclic) bond motifs is 3. The van der Waals surface area contributed by atoms with Gasteiger partial charge >= 0.3 is 0 Å². The van der Waals surface area contributed by atoms with Crippen molar-refractivity contribution in [2.75, 3.05) is 4.90 Å². The van der Waals surface area contributed by atoms with E-state index < -0.39 is 0 Å². The minimum Gasteiger partial charge on any atom is -0.309 e. The standard InChI is InChI=1S/C43H26N4/c44-26-29-15-18-43(36(21-29)27-45)47(37-17-16-33-28-46-20-19-32(33)23-37)38-24-34(41-13-5-9-30-7-1-3-11-39(30)41)22-35(25-38)42-14-6-10-31-8-2-4-12-40(31)42/h1-25,28H.